The van der Waals surface area contributed by atoms with Gasteiger partial charge in [0.15, 0.2) is 0 Å². The zero-order valence-corrected chi connectivity index (χ0v) is 17.8. The van der Waals surface area contributed by atoms with E-state index in [1.165, 1.54) is 19.3 Å². The number of rotatable bonds is 2. The standard InChI is InChI=1S/C23H34N4O2/c1-23(2)17-26(21(28)18-9-5-3-6-10-18)16-20-15-25(13-14-27(20)23)22(29)24-19-11-7-4-8-12-19/h3,5-6,9-10,19-20H,4,7-8,11-17H2,1-2H3,(H,24,29). The third kappa shape index (κ3) is 4.42. The van der Waals surface area contributed by atoms with Gasteiger partial charge in [0.25, 0.3) is 5.91 Å². The minimum atomic E-state index is -0.0979. The van der Waals surface area contributed by atoms with Gasteiger partial charge in [-0.05, 0) is 38.8 Å². The number of carbonyl (C=O) groups excluding carboxylic acids is 2. The Hall–Kier alpha value is -2.08. The Morgan fingerprint density at radius 2 is 1.66 bits per heavy atom. The van der Waals surface area contributed by atoms with Crippen molar-refractivity contribution in [1.29, 1.82) is 0 Å². The number of hydrogen-bond donors (Lipinski definition) is 1. The minimum Gasteiger partial charge on any atom is -0.335 e. The number of nitrogens with one attached hydrogen (secondary N) is 1. The quantitative estimate of drug-likeness (QED) is 0.833. The third-order valence-corrected chi connectivity index (χ3v) is 6.80. The summed E-state index contributed by atoms with van der Waals surface area (Å²) in [5.41, 5.74) is 0.638. The molecule has 4 rings (SSSR count). The highest BCUT2D eigenvalue weighted by Gasteiger charge is 2.44. The molecule has 1 N–H and O–H groups in total. The van der Waals surface area contributed by atoms with Crippen LogP contribution in [0.2, 0.25) is 0 Å². The van der Waals surface area contributed by atoms with Gasteiger partial charge in [0, 0.05) is 55.9 Å². The highest BCUT2D eigenvalue weighted by atomic mass is 16.2. The summed E-state index contributed by atoms with van der Waals surface area (Å²) in [7, 11) is 0. The molecule has 2 heterocycles. The Balaban J connectivity index is 1.42. The molecule has 1 aliphatic carbocycles. The lowest BCUT2D eigenvalue weighted by Gasteiger charge is -2.55. The molecule has 6 nitrogen and oxygen atoms in total. The first-order valence-corrected chi connectivity index (χ1v) is 11.1. The highest BCUT2D eigenvalue weighted by Crippen LogP contribution is 2.29. The molecule has 3 fully saturated rings. The van der Waals surface area contributed by atoms with Crippen LogP contribution in [0.15, 0.2) is 30.3 Å². The second-order valence-electron chi connectivity index (χ2n) is 9.44. The van der Waals surface area contributed by atoms with E-state index in [9.17, 15) is 9.59 Å². The molecule has 3 amide bonds. The zero-order valence-electron chi connectivity index (χ0n) is 17.8. The van der Waals surface area contributed by atoms with Crippen molar-refractivity contribution in [1.82, 2.24) is 20.0 Å². The minimum absolute atomic E-state index is 0.0702. The summed E-state index contributed by atoms with van der Waals surface area (Å²) < 4.78 is 0. The summed E-state index contributed by atoms with van der Waals surface area (Å²) >= 11 is 0. The fraction of sp³-hybridized carbons (Fsp3) is 0.652. The summed E-state index contributed by atoms with van der Waals surface area (Å²) in [5.74, 6) is 0.0853. The van der Waals surface area contributed by atoms with Gasteiger partial charge >= 0.3 is 6.03 Å². The van der Waals surface area contributed by atoms with Crippen LogP contribution >= 0.6 is 0 Å². The average Bonchev–Trinajstić information content (AvgIpc) is 2.73. The van der Waals surface area contributed by atoms with Gasteiger partial charge in [0.1, 0.15) is 0 Å². The Labute approximate surface area is 174 Å². The van der Waals surface area contributed by atoms with Crippen molar-refractivity contribution in [3.05, 3.63) is 35.9 Å². The maximum absolute atomic E-state index is 13.1. The van der Waals surface area contributed by atoms with Crippen molar-refractivity contribution in [3.8, 4) is 0 Å². The summed E-state index contributed by atoms with van der Waals surface area (Å²) in [5, 5.41) is 3.25. The summed E-state index contributed by atoms with van der Waals surface area (Å²) in [4.78, 5) is 32.3. The predicted octanol–water partition coefficient (Wildman–Crippen LogP) is 2.95. The van der Waals surface area contributed by atoms with E-state index in [1.54, 1.807) is 0 Å². The monoisotopic (exact) mass is 398 g/mol. The zero-order chi connectivity index (χ0) is 20.4. The third-order valence-electron chi connectivity index (χ3n) is 6.80. The average molecular weight is 399 g/mol. The molecule has 1 atom stereocenters. The normalized spacial score (nSPS) is 25.4. The molecule has 1 saturated carbocycles. The topological polar surface area (TPSA) is 55.9 Å². The molecule has 6 heteroatoms. The van der Waals surface area contributed by atoms with Crippen LogP contribution in [0.3, 0.4) is 0 Å². The lowest BCUT2D eigenvalue weighted by molar-refractivity contribution is -0.0483. The number of hydrogen-bond acceptors (Lipinski definition) is 3. The van der Waals surface area contributed by atoms with Gasteiger partial charge in [0.05, 0.1) is 0 Å². The van der Waals surface area contributed by atoms with Crippen LogP contribution in [-0.4, -0.2) is 77.0 Å². The van der Waals surface area contributed by atoms with Crippen molar-refractivity contribution in [2.45, 2.75) is 63.6 Å². The van der Waals surface area contributed by atoms with Crippen molar-refractivity contribution >= 4 is 11.9 Å². The van der Waals surface area contributed by atoms with Crippen LogP contribution in [-0.2, 0) is 0 Å². The van der Waals surface area contributed by atoms with E-state index in [2.05, 4.69) is 24.1 Å². The van der Waals surface area contributed by atoms with Crippen LogP contribution in [0.25, 0.3) is 0 Å². The van der Waals surface area contributed by atoms with Gasteiger partial charge in [-0.2, -0.15) is 0 Å². The van der Waals surface area contributed by atoms with E-state index in [0.29, 0.717) is 25.7 Å². The fourth-order valence-corrected chi connectivity index (χ4v) is 5.30. The molecule has 1 aromatic carbocycles. The van der Waals surface area contributed by atoms with Crippen LogP contribution in [0.4, 0.5) is 4.79 Å². The molecule has 158 valence electrons. The summed E-state index contributed by atoms with van der Waals surface area (Å²) in [6.07, 6.45) is 5.91. The number of nitrogens with zero attached hydrogens (tertiary/aromatic N) is 3. The van der Waals surface area contributed by atoms with Crippen molar-refractivity contribution in [2.75, 3.05) is 32.7 Å². The molecule has 3 aliphatic rings. The molecule has 1 aromatic rings. The molecule has 29 heavy (non-hydrogen) atoms. The first-order chi connectivity index (χ1) is 13.9. The number of amides is 3. The molecular weight excluding hydrogens is 364 g/mol. The molecule has 1 unspecified atom stereocenters. The van der Waals surface area contributed by atoms with Crippen LogP contribution in [0.5, 0.6) is 0 Å². The Morgan fingerprint density at radius 1 is 0.966 bits per heavy atom. The number of carbonyl (C=O) groups is 2. The lowest BCUT2D eigenvalue weighted by Crippen LogP contribution is -2.71. The van der Waals surface area contributed by atoms with E-state index in [1.807, 2.05) is 40.1 Å². The smallest absolute Gasteiger partial charge is 0.317 e. The molecule has 0 spiro atoms. The number of piperazine rings is 2. The maximum atomic E-state index is 13.1. The highest BCUT2D eigenvalue weighted by molar-refractivity contribution is 5.94. The molecule has 0 radical (unpaired) electrons. The molecular formula is C23H34N4O2. The second kappa shape index (κ2) is 8.34. The first-order valence-electron chi connectivity index (χ1n) is 11.1. The van der Waals surface area contributed by atoms with Crippen molar-refractivity contribution < 1.29 is 9.59 Å². The molecule has 2 saturated heterocycles. The SMILES string of the molecule is CC1(C)CN(C(=O)c2ccccc2)CC2CN(C(=O)NC3CCCCC3)CCN21. The van der Waals surface area contributed by atoms with Crippen molar-refractivity contribution in [2.24, 2.45) is 0 Å². The lowest BCUT2D eigenvalue weighted by atomic mass is 9.92. The number of benzene rings is 1. The van der Waals surface area contributed by atoms with E-state index in [0.717, 1.165) is 31.5 Å². The number of urea groups is 1. The van der Waals surface area contributed by atoms with Gasteiger partial charge in [-0.25, -0.2) is 4.79 Å². The van der Waals surface area contributed by atoms with E-state index < -0.39 is 0 Å². The molecule has 0 aromatic heterocycles. The van der Waals surface area contributed by atoms with E-state index in [4.69, 9.17) is 0 Å². The summed E-state index contributed by atoms with van der Waals surface area (Å²) in [6, 6.07) is 10.1. The van der Waals surface area contributed by atoms with Crippen molar-refractivity contribution in [3.63, 3.8) is 0 Å². The second-order valence-corrected chi connectivity index (χ2v) is 9.44. The van der Waals surface area contributed by atoms with Gasteiger partial charge in [-0.1, -0.05) is 37.5 Å². The van der Waals surface area contributed by atoms with E-state index in [-0.39, 0.29) is 23.5 Å². The van der Waals surface area contributed by atoms with Gasteiger partial charge in [-0.3, -0.25) is 9.69 Å². The largest absolute Gasteiger partial charge is 0.335 e. The molecule has 0 bridgehead atoms. The van der Waals surface area contributed by atoms with Crippen LogP contribution < -0.4 is 5.32 Å². The van der Waals surface area contributed by atoms with Crippen LogP contribution in [0.1, 0.15) is 56.3 Å². The Bertz CT molecular complexity index is 730. The van der Waals surface area contributed by atoms with Gasteiger partial charge < -0.3 is 15.1 Å². The Morgan fingerprint density at radius 3 is 2.38 bits per heavy atom. The first kappa shape index (κ1) is 20.2. The maximum Gasteiger partial charge on any atom is 0.317 e. The fourth-order valence-electron chi connectivity index (χ4n) is 5.30. The van der Waals surface area contributed by atoms with E-state index >= 15 is 0 Å². The molecule has 2 aliphatic heterocycles. The van der Waals surface area contributed by atoms with Gasteiger partial charge in [-0.15, -0.1) is 0 Å². The van der Waals surface area contributed by atoms with Crippen LogP contribution in [0, 0.1) is 0 Å². The Kier molecular flexibility index (Phi) is 5.81. The summed E-state index contributed by atoms with van der Waals surface area (Å²) in [6.45, 7) is 8.11. The predicted molar refractivity (Wildman–Crippen MR) is 114 cm³/mol. The number of fused-ring (bicyclic) bond motifs is 1. The van der Waals surface area contributed by atoms with Gasteiger partial charge in [0.2, 0.25) is 0 Å².